The van der Waals surface area contributed by atoms with Gasteiger partial charge in [-0.2, -0.15) is 0 Å². The summed E-state index contributed by atoms with van der Waals surface area (Å²) in [5, 5.41) is 0.485. The van der Waals surface area contributed by atoms with Crippen LogP contribution in [0.2, 0.25) is 5.02 Å². The highest BCUT2D eigenvalue weighted by Crippen LogP contribution is 2.40. The molecule has 0 spiro atoms. The van der Waals surface area contributed by atoms with Gasteiger partial charge < -0.3 is 14.4 Å². The lowest BCUT2D eigenvalue weighted by Gasteiger charge is -2.14. The Kier molecular flexibility index (Phi) is 3.46. The zero-order valence-electron chi connectivity index (χ0n) is 12.3. The summed E-state index contributed by atoms with van der Waals surface area (Å²) in [6.45, 7) is 0.885. The van der Waals surface area contributed by atoms with Gasteiger partial charge in [-0.25, -0.2) is 0 Å². The molecule has 2 aliphatic rings. The molecule has 0 radical (unpaired) electrons. The van der Waals surface area contributed by atoms with Crippen LogP contribution in [0.4, 0.5) is 5.69 Å². The molecule has 0 bridgehead atoms. The van der Waals surface area contributed by atoms with Crippen molar-refractivity contribution >= 4 is 29.3 Å². The molecule has 0 N–H and O–H groups in total. The van der Waals surface area contributed by atoms with Gasteiger partial charge in [0.1, 0.15) is 0 Å². The van der Waals surface area contributed by atoms with E-state index in [1.807, 2.05) is 24.3 Å². The second-order valence-electron chi connectivity index (χ2n) is 5.44. The van der Waals surface area contributed by atoms with Crippen molar-refractivity contribution in [2.24, 2.45) is 0 Å². The van der Waals surface area contributed by atoms with Crippen LogP contribution in [0.5, 0.6) is 11.5 Å². The number of rotatable bonds is 2. The summed E-state index contributed by atoms with van der Waals surface area (Å²) < 4.78 is 10.6. The molecule has 5 heteroatoms. The molecular weight excluding hydrogens is 314 g/mol. The Bertz CT molecular complexity index is 816. The summed E-state index contributed by atoms with van der Waals surface area (Å²) in [6.07, 6.45) is 4.21. The van der Waals surface area contributed by atoms with Crippen molar-refractivity contribution < 1.29 is 14.3 Å². The normalized spacial score (nSPS) is 15.3. The highest BCUT2D eigenvalue weighted by Gasteiger charge is 2.22. The molecule has 0 aliphatic carbocycles. The monoisotopic (exact) mass is 327 g/mol. The number of nitrogens with zero attached hydrogens (tertiary/aromatic N) is 1. The van der Waals surface area contributed by atoms with E-state index in [0.717, 1.165) is 17.7 Å². The van der Waals surface area contributed by atoms with Crippen LogP contribution in [0, 0.1) is 0 Å². The van der Waals surface area contributed by atoms with Gasteiger partial charge in [-0.15, -0.1) is 0 Å². The highest BCUT2D eigenvalue weighted by molar-refractivity contribution is 6.32. The van der Waals surface area contributed by atoms with Crippen LogP contribution in [0.15, 0.2) is 42.5 Å². The maximum Gasteiger partial charge on any atom is 0.251 e. The maximum absolute atomic E-state index is 12.5. The van der Waals surface area contributed by atoms with E-state index in [4.69, 9.17) is 21.1 Å². The Morgan fingerprint density at radius 2 is 2.09 bits per heavy atom. The second-order valence-corrected chi connectivity index (χ2v) is 5.85. The Morgan fingerprint density at radius 1 is 1.22 bits per heavy atom. The summed E-state index contributed by atoms with van der Waals surface area (Å²) in [5.41, 5.74) is 3.01. The van der Waals surface area contributed by atoms with Gasteiger partial charge in [0.05, 0.1) is 5.02 Å². The van der Waals surface area contributed by atoms with E-state index in [1.54, 1.807) is 23.1 Å². The van der Waals surface area contributed by atoms with Crippen LogP contribution in [0.1, 0.15) is 11.1 Å². The van der Waals surface area contributed by atoms with Gasteiger partial charge in [0.2, 0.25) is 6.79 Å². The molecule has 2 heterocycles. The molecule has 1 amide bonds. The quantitative estimate of drug-likeness (QED) is 0.790. The standard InChI is InChI=1S/C18H14ClNO3/c19-14-9-12(10-16-18(14)23-11-22-16)5-6-17(21)20-8-7-13-3-1-2-4-15(13)20/h1-6,9-10H,7-8,11H2. The van der Waals surface area contributed by atoms with E-state index >= 15 is 0 Å². The number of para-hydroxylation sites is 1. The predicted octanol–water partition coefficient (Wildman–Crippen LogP) is 3.67. The van der Waals surface area contributed by atoms with Crippen LogP contribution < -0.4 is 14.4 Å². The number of halogens is 1. The number of hydrogen-bond donors (Lipinski definition) is 0. The fourth-order valence-electron chi connectivity index (χ4n) is 2.91. The number of carbonyl (C=O) groups excluding carboxylic acids is 1. The Morgan fingerprint density at radius 3 is 3.00 bits per heavy atom. The van der Waals surface area contributed by atoms with E-state index < -0.39 is 0 Å². The molecular formula is C18H14ClNO3. The van der Waals surface area contributed by atoms with Crippen LogP contribution in [0.25, 0.3) is 6.08 Å². The molecule has 4 nitrogen and oxygen atoms in total. The summed E-state index contributed by atoms with van der Waals surface area (Å²) >= 11 is 6.15. The van der Waals surface area contributed by atoms with E-state index in [-0.39, 0.29) is 12.7 Å². The van der Waals surface area contributed by atoms with Gasteiger partial charge in [0, 0.05) is 18.3 Å². The third-order valence-corrected chi connectivity index (χ3v) is 4.30. The zero-order valence-corrected chi connectivity index (χ0v) is 13.0. The van der Waals surface area contributed by atoms with E-state index in [2.05, 4.69) is 6.07 Å². The van der Waals surface area contributed by atoms with Gasteiger partial charge in [-0.05, 0) is 41.8 Å². The van der Waals surface area contributed by atoms with E-state index in [0.29, 0.717) is 23.1 Å². The van der Waals surface area contributed by atoms with Crippen LogP contribution in [-0.4, -0.2) is 19.2 Å². The summed E-state index contributed by atoms with van der Waals surface area (Å²) in [5.74, 6) is 1.13. The fourth-order valence-corrected chi connectivity index (χ4v) is 3.18. The fraction of sp³-hybridized carbons (Fsp3) is 0.167. The Balaban J connectivity index is 1.56. The molecule has 4 rings (SSSR count). The average molecular weight is 328 g/mol. The number of hydrogen-bond acceptors (Lipinski definition) is 3. The molecule has 23 heavy (non-hydrogen) atoms. The highest BCUT2D eigenvalue weighted by atomic mass is 35.5. The zero-order chi connectivity index (χ0) is 15.8. The third-order valence-electron chi connectivity index (χ3n) is 4.02. The van der Waals surface area contributed by atoms with Crippen molar-refractivity contribution in [1.29, 1.82) is 0 Å². The second kappa shape index (κ2) is 5.63. The molecule has 0 atom stereocenters. The molecule has 0 saturated carbocycles. The van der Waals surface area contributed by atoms with Crippen molar-refractivity contribution in [2.45, 2.75) is 6.42 Å². The molecule has 0 saturated heterocycles. The van der Waals surface area contributed by atoms with Crippen LogP contribution >= 0.6 is 11.6 Å². The number of carbonyl (C=O) groups is 1. The minimum absolute atomic E-state index is 0.0382. The molecule has 0 unspecified atom stereocenters. The smallest absolute Gasteiger partial charge is 0.251 e. The lowest BCUT2D eigenvalue weighted by Crippen LogP contribution is -2.26. The van der Waals surface area contributed by atoms with Crippen LogP contribution in [0.3, 0.4) is 0 Å². The Labute approximate surface area is 138 Å². The van der Waals surface area contributed by atoms with Gasteiger partial charge in [-0.1, -0.05) is 29.8 Å². The predicted molar refractivity (Wildman–Crippen MR) is 89.1 cm³/mol. The van der Waals surface area contributed by atoms with Gasteiger partial charge in [0.25, 0.3) is 5.91 Å². The number of amides is 1. The van der Waals surface area contributed by atoms with E-state index in [1.165, 1.54) is 5.56 Å². The van der Waals surface area contributed by atoms with Crippen molar-refractivity contribution in [2.75, 3.05) is 18.2 Å². The molecule has 0 fully saturated rings. The largest absolute Gasteiger partial charge is 0.454 e. The average Bonchev–Trinajstić information content (AvgIpc) is 3.19. The van der Waals surface area contributed by atoms with Gasteiger partial charge in [-0.3, -0.25) is 4.79 Å². The minimum Gasteiger partial charge on any atom is -0.454 e. The molecule has 2 aromatic carbocycles. The lowest BCUT2D eigenvalue weighted by atomic mass is 10.1. The SMILES string of the molecule is O=C(C=Cc1cc(Cl)c2c(c1)OCO2)N1CCc2ccccc21. The first kappa shape index (κ1) is 14.2. The van der Waals surface area contributed by atoms with Crippen molar-refractivity contribution in [3.8, 4) is 11.5 Å². The minimum atomic E-state index is -0.0382. The summed E-state index contributed by atoms with van der Waals surface area (Å²) in [4.78, 5) is 14.2. The van der Waals surface area contributed by atoms with Crippen molar-refractivity contribution in [1.82, 2.24) is 0 Å². The van der Waals surface area contributed by atoms with Crippen molar-refractivity contribution in [3.63, 3.8) is 0 Å². The topological polar surface area (TPSA) is 38.8 Å². The number of benzene rings is 2. The van der Waals surface area contributed by atoms with Crippen molar-refractivity contribution in [3.05, 3.63) is 58.6 Å². The number of anilines is 1. The molecule has 2 aromatic rings. The lowest BCUT2D eigenvalue weighted by molar-refractivity contribution is -0.114. The molecule has 0 aromatic heterocycles. The first-order chi connectivity index (χ1) is 11.2. The number of fused-ring (bicyclic) bond motifs is 2. The number of ether oxygens (including phenoxy) is 2. The maximum atomic E-state index is 12.5. The Hall–Kier alpha value is -2.46. The third kappa shape index (κ3) is 2.55. The first-order valence-corrected chi connectivity index (χ1v) is 7.77. The molecule has 116 valence electrons. The molecule has 2 aliphatic heterocycles. The summed E-state index contributed by atoms with van der Waals surface area (Å²) in [6, 6.07) is 11.6. The van der Waals surface area contributed by atoms with Gasteiger partial charge >= 0.3 is 0 Å². The van der Waals surface area contributed by atoms with E-state index in [9.17, 15) is 4.79 Å². The first-order valence-electron chi connectivity index (χ1n) is 7.39. The summed E-state index contributed by atoms with van der Waals surface area (Å²) in [7, 11) is 0. The van der Waals surface area contributed by atoms with Gasteiger partial charge in [0.15, 0.2) is 11.5 Å². The van der Waals surface area contributed by atoms with Crippen LogP contribution in [-0.2, 0) is 11.2 Å².